The summed E-state index contributed by atoms with van der Waals surface area (Å²) in [5.41, 5.74) is 2.77. The van der Waals surface area contributed by atoms with Gasteiger partial charge in [0, 0.05) is 12.6 Å². The van der Waals surface area contributed by atoms with Crippen molar-refractivity contribution in [2.24, 2.45) is 0 Å². The maximum Gasteiger partial charge on any atom is 0.0320 e. The highest BCUT2D eigenvalue weighted by atomic mass is 14.9. The van der Waals surface area contributed by atoms with Gasteiger partial charge in [-0.25, -0.2) is 0 Å². The highest BCUT2D eigenvalue weighted by molar-refractivity contribution is 5.25. The number of hydrogen-bond donors (Lipinski definition) is 1. The van der Waals surface area contributed by atoms with E-state index in [-0.39, 0.29) is 0 Å². The smallest absolute Gasteiger partial charge is 0.0320 e. The summed E-state index contributed by atoms with van der Waals surface area (Å²) in [7, 11) is 0. The Morgan fingerprint density at radius 3 is 2.40 bits per heavy atom. The monoisotopic (exact) mass is 203 g/mol. The number of aryl methyl sites for hydroxylation is 1. The second kappa shape index (κ2) is 6.41. The van der Waals surface area contributed by atoms with Gasteiger partial charge in [0.15, 0.2) is 0 Å². The molecule has 0 bridgehead atoms. The first-order valence-electron chi connectivity index (χ1n) is 5.74. The average molecular weight is 203 g/mol. The molecule has 1 N–H and O–H groups in total. The van der Waals surface area contributed by atoms with Crippen LogP contribution in [0, 0.1) is 0 Å². The summed E-state index contributed by atoms with van der Waals surface area (Å²) in [6.45, 7) is 8.98. The van der Waals surface area contributed by atoms with Gasteiger partial charge < -0.3 is 5.32 Å². The Morgan fingerprint density at radius 2 is 1.93 bits per heavy atom. The van der Waals surface area contributed by atoms with Gasteiger partial charge in [-0.3, -0.25) is 0 Å². The van der Waals surface area contributed by atoms with E-state index in [0.717, 1.165) is 19.4 Å². The highest BCUT2D eigenvalue weighted by Gasteiger charge is 2.06. The van der Waals surface area contributed by atoms with Gasteiger partial charge in [0.1, 0.15) is 0 Å². The van der Waals surface area contributed by atoms with Crippen molar-refractivity contribution >= 4 is 0 Å². The van der Waals surface area contributed by atoms with Crippen molar-refractivity contribution in [3.8, 4) is 0 Å². The van der Waals surface area contributed by atoms with Crippen LogP contribution >= 0.6 is 0 Å². The Balaban J connectivity index is 2.69. The average Bonchev–Trinajstić information content (AvgIpc) is 2.31. The molecule has 0 saturated carbocycles. The SMILES string of the molecule is C=CCNC(CC)c1ccc(CC)cc1. The van der Waals surface area contributed by atoms with Gasteiger partial charge in [-0.05, 0) is 24.0 Å². The number of rotatable bonds is 6. The van der Waals surface area contributed by atoms with E-state index in [1.807, 2.05) is 6.08 Å². The van der Waals surface area contributed by atoms with Gasteiger partial charge in [-0.1, -0.05) is 44.2 Å². The van der Waals surface area contributed by atoms with E-state index < -0.39 is 0 Å². The molecule has 1 unspecified atom stereocenters. The van der Waals surface area contributed by atoms with E-state index in [0.29, 0.717) is 6.04 Å². The van der Waals surface area contributed by atoms with Gasteiger partial charge in [0.05, 0.1) is 0 Å². The Morgan fingerprint density at radius 1 is 1.27 bits per heavy atom. The summed E-state index contributed by atoms with van der Waals surface area (Å²) in [4.78, 5) is 0. The molecule has 0 aliphatic heterocycles. The topological polar surface area (TPSA) is 12.0 Å². The van der Waals surface area contributed by atoms with E-state index in [2.05, 4.69) is 50.0 Å². The molecule has 1 heteroatoms. The molecule has 0 aromatic heterocycles. The van der Waals surface area contributed by atoms with Gasteiger partial charge in [-0.15, -0.1) is 6.58 Å². The molecule has 0 heterocycles. The van der Waals surface area contributed by atoms with E-state index >= 15 is 0 Å². The fourth-order valence-corrected chi connectivity index (χ4v) is 1.71. The number of hydrogen-bond acceptors (Lipinski definition) is 1. The van der Waals surface area contributed by atoms with Crippen LogP contribution in [-0.2, 0) is 6.42 Å². The quantitative estimate of drug-likeness (QED) is 0.698. The van der Waals surface area contributed by atoms with Gasteiger partial charge in [-0.2, -0.15) is 0 Å². The van der Waals surface area contributed by atoms with Crippen molar-refractivity contribution < 1.29 is 0 Å². The molecule has 0 fully saturated rings. The summed E-state index contributed by atoms with van der Waals surface area (Å²) in [5.74, 6) is 0. The van der Waals surface area contributed by atoms with Crippen LogP contribution in [-0.4, -0.2) is 6.54 Å². The normalized spacial score (nSPS) is 12.4. The van der Waals surface area contributed by atoms with Crippen LogP contribution < -0.4 is 5.32 Å². The summed E-state index contributed by atoms with van der Waals surface area (Å²) in [5, 5.41) is 3.45. The third kappa shape index (κ3) is 3.52. The molecule has 0 aliphatic carbocycles. The van der Waals surface area contributed by atoms with E-state index in [1.54, 1.807) is 0 Å². The van der Waals surface area contributed by atoms with Gasteiger partial charge in [0.2, 0.25) is 0 Å². The lowest BCUT2D eigenvalue weighted by Crippen LogP contribution is -2.20. The zero-order valence-corrected chi connectivity index (χ0v) is 9.79. The third-order valence-corrected chi connectivity index (χ3v) is 2.71. The maximum atomic E-state index is 3.73. The Hall–Kier alpha value is -1.08. The molecule has 1 aromatic rings. The molecule has 0 saturated heterocycles. The largest absolute Gasteiger partial charge is 0.306 e. The van der Waals surface area contributed by atoms with Crippen LogP contribution in [0.25, 0.3) is 0 Å². The lowest BCUT2D eigenvalue weighted by molar-refractivity contribution is 0.551. The Bertz CT molecular complexity index is 287. The number of benzene rings is 1. The van der Waals surface area contributed by atoms with Crippen LogP contribution in [0.3, 0.4) is 0 Å². The van der Waals surface area contributed by atoms with Crippen molar-refractivity contribution in [1.82, 2.24) is 5.32 Å². The van der Waals surface area contributed by atoms with Gasteiger partial charge in [0.25, 0.3) is 0 Å². The van der Waals surface area contributed by atoms with Crippen LogP contribution in [0.2, 0.25) is 0 Å². The molecule has 1 rings (SSSR count). The van der Waals surface area contributed by atoms with Crippen molar-refractivity contribution in [3.05, 3.63) is 48.0 Å². The molecule has 0 spiro atoms. The lowest BCUT2D eigenvalue weighted by Gasteiger charge is -2.16. The van der Waals surface area contributed by atoms with Crippen LogP contribution in [0.4, 0.5) is 0 Å². The van der Waals surface area contributed by atoms with E-state index in [9.17, 15) is 0 Å². The summed E-state index contributed by atoms with van der Waals surface area (Å²) >= 11 is 0. The van der Waals surface area contributed by atoms with Crippen molar-refractivity contribution in [3.63, 3.8) is 0 Å². The fraction of sp³-hybridized carbons (Fsp3) is 0.429. The van der Waals surface area contributed by atoms with Crippen molar-refractivity contribution in [2.75, 3.05) is 6.54 Å². The minimum absolute atomic E-state index is 0.453. The zero-order chi connectivity index (χ0) is 11.1. The molecule has 1 atom stereocenters. The fourth-order valence-electron chi connectivity index (χ4n) is 1.71. The first-order valence-corrected chi connectivity index (χ1v) is 5.74. The molecular weight excluding hydrogens is 182 g/mol. The van der Waals surface area contributed by atoms with Crippen LogP contribution in [0.15, 0.2) is 36.9 Å². The van der Waals surface area contributed by atoms with Crippen molar-refractivity contribution in [1.29, 1.82) is 0 Å². The summed E-state index contributed by atoms with van der Waals surface area (Å²) in [6, 6.07) is 9.33. The predicted octanol–water partition coefficient (Wildman–Crippen LogP) is 3.48. The lowest BCUT2D eigenvalue weighted by atomic mass is 10.0. The second-order valence-electron chi connectivity index (χ2n) is 3.75. The molecule has 0 amide bonds. The standard InChI is InChI=1S/C14H21N/c1-4-11-15-14(6-3)13-9-7-12(5-2)8-10-13/h4,7-10,14-15H,1,5-6,11H2,2-3H3. The highest BCUT2D eigenvalue weighted by Crippen LogP contribution is 2.17. The maximum absolute atomic E-state index is 3.73. The van der Waals surface area contributed by atoms with Crippen LogP contribution in [0.1, 0.15) is 37.4 Å². The third-order valence-electron chi connectivity index (χ3n) is 2.71. The Labute approximate surface area is 93.2 Å². The number of nitrogens with one attached hydrogen (secondary N) is 1. The second-order valence-corrected chi connectivity index (χ2v) is 3.75. The molecule has 15 heavy (non-hydrogen) atoms. The molecular formula is C14H21N. The van der Waals surface area contributed by atoms with E-state index in [4.69, 9.17) is 0 Å². The minimum Gasteiger partial charge on any atom is -0.306 e. The summed E-state index contributed by atoms with van der Waals surface area (Å²) in [6.07, 6.45) is 4.12. The predicted molar refractivity (Wildman–Crippen MR) is 67.1 cm³/mol. The Kier molecular flexibility index (Phi) is 5.13. The molecule has 0 aliphatic rings. The zero-order valence-electron chi connectivity index (χ0n) is 9.79. The van der Waals surface area contributed by atoms with Crippen LogP contribution in [0.5, 0.6) is 0 Å². The van der Waals surface area contributed by atoms with Crippen molar-refractivity contribution in [2.45, 2.75) is 32.7 Å². The molecule has 1 aromatic carbocycles. The van der Waals surface area contributed by atoms with Gasteiger partial charge >= 0.3 is 0 Å². The first kappa shape index (κ1) is 12.0. The molecule has 0 radical (unpaired) electrons. The minimum atomic E-state index is 0.453. The summed E-state index contributed by atoms with van der Waals surface area (Å²) < 4.78 is 0. The molecule has 1 nitrogen and oxygen atoms in total. The molecule has 82 valence electrons. The first-order chi connectivity index (χ1) is 7.31. The van der Waals surface area contributed by atoms with E-state index in [1.165, 1.54) is 11.1 Å².